The Balaban J connectivity index is 2.03. The molecule has 1 fully saturated rings. The molecule has 0 unspecified atom stereocenters. The van der Waals surface area contributed by atoms with Crippen LogP contribution in [0.2, 0.25) is 5.02 Å². The van der Waals surface area contributed by atoms with Crippen molar-refractivity contribution in [1.29, 1.82) is 5.26 Å². The van der Waals surface area contributed by atoms with Crippen LogP contribution in [0.15, 0.2) is 42.5 Å². The standard InChI is InChI=1S/C21H20ClN3OS/c1-13(2)14-5-8-16(9-6-14)25-20(27)24(19(26)21(25,3)4)17-10-7-15(12-23)18(22)11-17/h5-11,13H,1-4H3. The average Bonchev–Trinajstić information content (AvgIpc) is 2.79. The van der Waals surface area contributed by atoms with Crippen molar-refractivity contribution >= 4 is 46.2 Å². The summed E-state index contributed by atoms with van der Waals surface area (Å²) in [5.41, 5.74) is 2.17. The molecule has 1 saturated heterocycles. The van der Waals surface area contributed by atoms with E-state index < -0.39 is 5.54 Å². The van der Waals surface area contributed by atoms with E-state index in [-0.39, 0.29) is 5.91 Å². The van der Waals surface area contributed by atoms with Crippen molar-refractivity contribution in [2.75, 3.05) is 9.80 Å². The summed E-state index contributed by atoms with van der Waals surface area (Å²) in [6.07, 6.45) is 0. The molecule has 3 rings (SSSR count). The van der Waals surface area contributed by atoms with Crippen LogP contribution in [0.3, 0.4) is 0 Å². The summed E-state index contributed by atoms with van der Waals surface area (Å²) >= 11 is 11.8. The van der Waals surface area contributed by atoms with E-state index in [2.05, 4.69) is 26.0 Å². The Morgan fingerprint density at radius 1 is 1.11 bits per heavy atom. The van der Waals surface area contributed by atoms with E-state index in [0.29, 0.717) is 27.3 Å². The smallest absolute Gasteiger partial charge is 0.259 e. The predicted molar refractivity (Wildman–Crippen MR) is 113 cm³/mol. The van der Waals surface area contributed by atoms with Gasteiger partial charge < -0.3 is 4.90 Å². The van der Waals surface area contributed by atoms with Crippen LogP contribution >= 0.6 is 23.8 Å². The topological polar surface area (TPSA) is 47.3 Å². The van der Waals surface area contributed by atoms with Gasteiger partial charge in [0.2, 0.25) is 0 Å². The average molecular weight is 398 g/mol. The quantitative estimate of drug-likeness (QED) is 0.663. The first-order valence-electron chi connectivity index (χ1n) is 8.67. The molecule has 1 aliphatic rings. The van der Waals surface area contributed by atoms with Gasteiger partial charge >= 0.3 is 0 Å². The molecule has 1 heterocycles. The molecule has 0 bridgehead atoms. The van der Waals surface area contributed by atoms with Gasteiger partial charge in [-0.05, 0) is 67.9 Å². The number of rotatable bonds is 3. The molecule has 2 aromatic rings. The minimum Gasteiger partial charge on any atom is -0.304 e. The van der Waals surface area contributed by atoms with Gasteiger partial charge in [-0.3, -0.25) is 9.69 Å². The van der Waals surface area contributed by atoms with E-state index in [4.69, 9.17) is 29.1 Å². The third kappa shape index (κ3) is 3.20. The highest BCUT2D eigenvalue weighted by atomic mass is 35.5. The Labute approximate surface area is 170 Å². The van der Waals surface area contributed by atoms with E-state index in [0.717, 1.165) is 5.69 Å². The minimum atomic E-state index is -0.837. The van der Waals surface area contributed by atoms with Crippen LogP contribution in [0.5, 0.6) is 0 Å². The highest BCUT2D eigenvalue weighted by Gasteiger charge is 2.50. The van der Waals surface area contributed by atoms with Gasteiger partial charge in [0.25, 0.3) is 5.91 Å². The first-order valence-corrected chi connectivity index (χ1v) is 9.45. The minimum absolute atomic E-state index is 0.138. The number of benzene rings is 2. The SMILES string of the molecule is CC(C)c1ccc(N2C(=S)N(c3ccc(C#N)c(Cl)c3)C(=O)C2(C)C)cc1. The fourth-order valence-electron chi connectivity index (χ4n) is 3.20. The van der Waals surface area contributed by atoms with Crippen molar-refractivity contribution in [3.63, 3.8) is 0 Å². The molecule has 0 aromatic heterocycles. The van der Waals surface area contributed by atoms with Crippen molar-refractivity contribution in [3.8, 4) is 6.07 Å². The van der Waals surface area contributed by atoms with Gasteiger partial charge in [0, 0.05) is 5.69 Å². The summed E-state index contributed by atoms with van der Waals surface area (Å²) in [6, 6.07) is 15.0. The number of nitrogens with zero attached hydrogens (tertiary/aromatic N) is 3. The Morgan fingerprint density at radius 2 is 1.70 bits per heavy atom. The predicted octanol–water partition coefficient (Wildman–Crippen LogP) is 5.25. The molecule has 0 aliphatic carbocycles. The highest BCUT2D eigenvalue weighted by molar-refractivity contribution is 7.81. The van der Waals surface area contributed by atoms with Gasteiger partial charge in [-0.15, -0.1) is 0 Å². The number of hydrogen-bond donors (Lipinski definition) is 0. The second kappa shape index (κ2) is 6.95. The molecule has 0 spiro atoms. The zero-order valence-corrected chi connectivity index (χ0v) is 17.2. The molecule has 0 radical (unpaired) electrons. The van der Waals surface area contributed by atoms with Gasteiger partial charge in [-0.2, -0.15) is 5.26 Å². The van der Waals surface area contributed by atoms with E-state index in [1.807, 2.05) is 36.9 Å². The first kappa shape index (κ1) is 19.3. The largest absolute Gasteiger partial charge is 0.304 e. The number of anilines is 2. The molecule has 1 amide bonds. The van der Waals surface area contributed by atoms with Gasteiger partial charge in [-0.1, -0.05) is 37.6 Å². The summed E-state index contributed by atoms with van der Waals surface area (Å²) in [5.74, 6) is 0.290. The van der Waals surface area contributed by atoms with Crippen molar-refractivity contribution < 1.29 is 4.79 Å². The number of nitriles is 1. The monoisotopic (exact) mass is 397 g/mol. The zero-order valence-electron chi connectivity index (χ0n) is 15.7. The van der Waals surface area contributed by atoms with E-state index in [1.54, 1.807) is 18.2 Å². The van der Waals surface area contributed by atoms with E-state index in [9.17, 15) is 4.79 Å². The van der Waals surface area contributed by atoms with Crippen LogP contribution < -0.4 is 9.80 Å². The molecule has 138 valence electrons. The van der Waals surface area contributed by atoms with Crippen LogP contribution in [0, 0.1) is 11.3 Å². The van der Waals surface area contributed by atoms with E-state index in [1.165, 1.54) is 10.5 Å². The van der Waals surface area contributed by atoms with Gasteiger partial charge in [0.15, 0.2) is 5.11 Å². The zero-order chi connectivity index (χ0) is 19.9. The molecule has 27 heavy (non-hydrogen) atoms. The lowest BCUT2D eigenvalue weighted by Gasteiger charge is -2.29. The number of thiocarbonyl (C=S) groups is 1. The summed E-state index contributed by atoms with van der Waals surface area (Å²) in [5, 5.41) is 9.75. The summed E-state index contributed by atoms with van der Waals surface area (Å²) < 4.78 is 0. The first-order chi connectivity index (χ1) is 12.7. The summed E-state index contributed by atoms with van der Waals surface area (Å²) in [6.45, 7) is 7.98. The van der Waals surface area contributed by atoms with Crippen LogP contribution in [-0.4, -0.2) is 16.6 Å². The summed E-state index contributed by atoms with van der Waals surface area (Å²) in [4.78, 5) is 16.5. The number of halogens is 1. The fourth-order valence-corrected chi connectivity index (χ4v) is 3.94. The molecule has 4 nitrogen and oxygen atoms in total. The molecule has 2 aromatic carbocycles. The molecule has 1 aliphatic heterocycles. The van der Waals surface area contributed by atoms with Crippen LogP contribution in [0.25, 0.3) is 0 Å². The maximum Gasteiger partial charge on any atom is 0.259 e. The molecule has 0 N–H and O–H groups in total. The Morgan fingerprint density at radius 3 is 2.22 bits per heavy atom. The fraction of sp³-hybridized carbons (Fsp3) is 0.286. The lowest BCUT2D eigenvalue weighted by molar-refractivity contribution is -0.120. The van der Waals surface area contributed by atoms with Crippen molar-refractivity contribution in [2.24, 2.45) is 0 Å². The lowest BCUT2D eigenvalue weighted by atomic mass is 10.0. The Kier molecular flexibility index (Phi) is 4.98. The molecular formula is C21H20ClN3OS. The third-order valence-electron chi connectivity index (χ3n) is 4.82. The maximum absolute atomic E-state index is 13.2. The number of carbonyl (C=O) groups is 1. The lowest BCUT2D eigenvalue weighted by Crippen LogP contribution is -2.44. The van der Waals surface area contributed by atoms with Crippen LogP contribution in [0.4, 0.5) is 11.4 Å². The molecule has 0 saturated carbocycles. The highest BCUT2D eigenvalue weighted by Crippen LogP contribution is 2.37. The normalized spacial score (nSPS) is 16.2. The molecule has 0 atom stereocenters. The second-order valence-electron chi connectivity index (χ2n) is 7.34. The van der Waals surface area contributed by atoms with Gasteiger partial charge in [-0.25, -0.2) is 0 Å². The number of carbonyl (C=O) groups excluding carboxylic acids is 1. The van der Waals surface area contributed by atoms with Gasteiger partial charge in [0.1, 0.15) is 11.6 Å². The van der Waals surface area contributed by atoms with Crippen LogP contribution in [-0.2, 0) is 4.79 Å². The molecule has 6 heteroatoms. The Bertz CT molecular complexity index is 960. The van der Waals surface area contributed by atoms with Gasteiger partial charge in [0.05, 0.1) is 16.3 Å². The van der Waals surface area contributed by atoms with Crippen LogP contribution in [0.1, 0.15) is 44.7 Å². The van der Waals surface area contributed by atoms with E-state index >= 15 is 0 Å². The molecular weight excluding hydrogens is 378 g/mol. The summed E-state index contributed by atoms with van der Waals surface area (Å²) in [7, 11) is 0. The number of amides is 1. The maximum atomic E-state index is 13.2. The Hall–Kier alpha value is -2.42. The van der Waals surface area contributed by atoms with Crippen molar-refractivity contribution in [3.05, 3.63) is 58.6 Å². The third-order valence-corrected chi connectivity index (χ3v) is 5.50. The van der Waals surface area contributed by atoms with Crippen molar-refractivity contribution in [1.82, 2.24) is 0 Å². The number of hydrogen-bond acceptors (Lipinski definition) is 3. The second-order valence-corrected chi connectivity index (χ2v) is 8.11. The van der Waals surface area contributed by atoms with Crippen molar-refractivity contribution in [2.45, 2.75) is 39.2 Å².